The van der Waals surface area contributed by atoms with E-state index in [-0.39, 0.29) is 11.3 Å². The van der Waals surface area contributed by atoms with E-state index < -0.39 is 17.7 Å². The van der Waals surface area contributed by atoms with Crippen molar-refractivity contribution in [3.05, 3.63) is 65.0 Å². The summed E-state index contributed by atoms with van der Waals surface area (Å²) in [6, 6.07) is 8.17. The highest BCUT2D eigenvalue weighted by molar-refractivity contribution is 7.99. The Morgan fingerprint density at radius 1 is 1.21 bits per heavy atom. The summed E-state index contributed by atoms with van der Waals surface area (Å²) in [5.41, 5.74) is 0.278. The van der Waals surface area contributed by atoms with Gasteiger partial charge in [-0.05, 0) is 23.8 Å². The number of nitrogens with zero attached hydrogens (tertiary/aromatic N) is 1. The predicted octanol–water partition coefficient (Wildman–Crippen LogP) is 2.42. The van der Waals surface area contributed by atoms with Crippen molar-refractivity contribution in [3.8, 4) is 0 Å². The Morgan fingerprint density at radius 3 is 2.68 bits per heavy atom. The maximum Gasteiger partial charge on any atom is 0.251 e. The molecule has 0 spiro atoms. The van der Waals surface area contributed by atoms with Crippen molar-refractivity contribution < 1.29 is 18.6 Å². The molecule has 100 valence electrons. The standard InChI is InChI=1S/C13H11F2NO2S/c14-10-5-4-9(7-11(10)15)12(17)8-19-13-3-1-2-6-16(13)18/h1-7,12,17H,8H2. The molecule has 1 N–H and O–H groups in total. The van der Waals surface area contributed by atoms with Gasteiger partial charge in [-0.25, -0.2) is 8.78 Å². The molecule has 0 aliphatic carbocycles. The summed E-state index contributed by atoms with van der Waals surface area (Å²) in [6.45, 7) is 0. The molecule has 2 rings (SSSR count). The summed E-state index contributed by atoms with van der Waals surface area (Å²) in [6.07, 6.45) is 0.382. The fourth-order valence-electron chi connectivity index (χ4n) is 1.50. The molecule has 0 aliphatic rings. The lowest BCUT2D eigenvalue weighted by molar-refractivity contribution is -0.645. The second-order valence-electron chi connectivity index (χ2n) is 3.87. The number of thioether (sulfide) groups is 1. The summed E-state index contributed by atoms with van der Waals surface area (Å²) < 4.78 is 26.5. The molecule has 0 saturated heterocycles. The van der Waals surface area contributed by atoms with Crippen molar-refractivity contribution in [1.29, 1.82) is 0 Å². The highest BCUT2D eigenvalue weighted by Crippen LogP contribution is 2.23. The van der Waals surface area contributed by atoms with Gasteiger partial charge in [0.25, 0.3) is 5.03 Å². The number of hydrogen-bond acceptors (Lipinski definition) is 3. The van der Waals surface area contributed by atoms with Gasteiger partial charge in [0.1, 0.15) is 0 Å². The van der Waals surface area contributed by atoms with Gasteiger partial charge >= 0.3 is 0 Å². The van der Waals surface area contributed by atoms with Crippen LogP contribution in [0.4, 0.5) is 8.78 Å². The van der Waals surface area contributed by atoms with Gasteiger partial charge in [0, 0.05) is 17.9 Å². The summed E-state index contributed by atoms with van der Waals surface area (Å²) in [5, 5.41) is 21.7. The first-order valence-corrected chi connectivity index (χ1v) is 6.50. The molecule has 19 heavy (non-hydrogen) atoms. The average Bonchev–Trinajstić information content (AvgIpc) is 2.40. The molecule has 1 aromatic carbocycles. The second-order valence-corrected chi connectivity index (χ2v) is 4.91. The van der Waals surface area contributed by atoms with Gasteiger partial charge in [-0.1, -0.05) is 17.8 Å². The fourth-order valence-corrected chi connectivity index (χ4v) is 2.39. The molecule has 0 bridgehead atoms. The van der Waals surface area contributed by atoms with Crippen molar-refractivity contribution in [2.45, 2.75) is 11.1 Å². The molecule has 0 aliphatic heterocycles. The Hall–Kier alpha value is -1.66. The van der Waals surface area contributed by atoms with Crippen molar-refractivity contribution in [2.24, 2.45) is 0 Å². The van der Waals surface area contributed by atoms with Gasteiger partial charge in [-0.3, -0.25) is 0 Å². The number of rotatable bonds is 4. The normalized spacial score (nSPS) is 12.4. The molecule has 2 aromatic rings. The van der Waals surface area contributed by atoms with E-state index >= 15 is 0 Å². The average molecular weight is 283 g/mol. The predicted molar refractivity (Wildman–Crippen MR) is 67.4 cm³/mol. The Balaban J connectivity index is 2.03. The molecular formula is C13H11F2NO2S. The SMILES string of the molecule is [O-][n+]1ccccc1SCC(O)c1ccc(F)c(F)c1. The zero-order valence-corrected chi connectivity index (χ0v) is 10.6. The molecule has 0 amide bonds. The smallest absolute Gasteiger partial charge is 0.251 e. The van der Waals surface area contributed by atoms with Crippen molar-refractivity contribution >= 4 is 11.8 Å². The lowest BCUT2D eigenvalue weighted by atomic mass is 10.1. The van der Waals surface area contributed by atoms with Crippen LogP contribution in [0.5, 0.6) is 0 Å². The number of pyridine rings is 1. The third-order valence-corrected chi connectivity index (χ3v) is 3.60. The molecule has 0 fully saturated rings. The quantitative estimate of drug-likeness (QED) is 0.532. The lowest BCUT2D eigenvalue weighted by Gasteiger charge is -2.10. The van der Waals surface area contributed by atoms with Crippen LogP contribution in [0.2, 0.25) is 0 Å². The first kappa shape index (κ1) is 13.8. The van der Waals surface area contributed by atoms with Crippen LogP contribution in [0, 0.1) is 16.8 Å². The molecule has 0 saturated carbocycles. The Kier molecular flexibility index (Phi) is 4.34. The van der Waals surface area contributed by atoms with E-state index in [4.69, 9.17) is 0 Å². The van der Waals surface area contributed by atoms with Crippen LogP contribution in [0.15, 0.2) is 47.6 Å². The van der Waals surface area contributed by atoms with Crippen LogP contribution in [0.1, 0.15) is 11.7 Å². The number of aromatic nitrogens is 1. The first-order chi connectivity index (χ1) is 9.08. The fraction of sp³-hybridized carbons (Fsp3) is 0.154. The third-order valence-electron chi connectivity index (χ3n) is 2.51. The Labute approximate surface area is 113 Å². The molecule has 1 unspecified atom stereocenters. The van der Waals surface area contributed by atoms with Crippen molar-refractivity contribution in [1.82, 2.24) is 0 Å². The van der Waals surface area contributed by atoms with E-state index in [1.165, 1.54) is 12.3 Å². The Bertz CT molecular complexity index is 580. The first-order valence-electron chi connectivity index (χ1n) is 5.52. The summed E-state index contributed by atoms with van der Waals surface area (Å²) in [4.78, 5) is 0. The van der Waals surface area contributed by atoms with Crippen molar-refractivity contribution in [3.63, 3.8) is 0 Å². The molecule has 0 radical (unpaired) electrons. The van der Waals surface area contributed by atoms with Gasteiger partial charge in [0.2, 0.25) is 0 Å². The molecule has 6 heteroatoms. The molecule has 1 aromatic heterocycles. The van der Waals surface area contributed by atoms with Crippen molar-refractivity contribution in [2.75, 3.05) is 5.75 Å². The maximum atomic E-state index is 13.0. The molecule has 1 heterocycles. The van der Waals surface area contributed by atoms with E-state index in [2.05, 4.69) is 0 Å². The molecule has 3 nitrogen and oxygen atoms in total. The van der Waals surface area contributed by atoms with Gasteiger partial charge in [-0.2, -0.15) is 4.73 Å². The minimum absolute atomic E-state index is 0.178. The van der Waals surface area contributed by atoms with E-state index in [9.17, 15) is 19.1 Å². The minimum atomic E-state index is -1.000. The number of halogens is 2. The monoisotopic (exact) mass is 283 g/mol. The van der Waals surface area contributed by atoms with Gasteiger partial charge in [-0.15, -0.1) is 0 Å². The summed E-state index contributed by atoms with van der Waals surface area (Å²) in [7, 11) is 0. The van der Waals surface area contributed by atoms with E-state index in [1.807, 2.05) is 0 Å². The maximum absolute atomic E-state index is 13.0. The van der Waals surface area contributed by atoms with E-state index in [1.54, 1.807) is 18.2 Å². The van der Waals surface area contributed by atoms with Gasteiger partial charge in [0.15, 0.2) is 17.8 Å². The van der Waals surface area contributed by atoms with Crippen LogP contribution in [-0.2, 0) is 0 Å². The van der Waals surface area contributed by atoms with Crippen LogP contribution >= 0.6 is 11.8 Å². The van der Waals surface area contributed by atoms with Crippen LogP contribution in [-0.4, -0.2) is 10.9 Å². The number of aliphatic hydroxyl groups excluding tert-OH is 1. The largest absolute Gasteiger partial charge is 0.618 e. The topological polar surface area (TPSA) is 47.2 Å². The molecular weight excluding hydrogens is 272 g/mol. The van der Waals surface area contributed by atoms with E-state index in [0.717, 1.165) is 23.9 Å². The summed E-state index contributed by atoms with van der Waals surface area (Å²) in [5.74, 6) is -1.78. The zero-order chi connectivity index (χ0) is 13.8. The summed E-state index contributed by atoms with van der Waals surface area (Å²) >= 11 is 1.14. The number of aliphatic hydroxyl groups is 1. The minimum Gasteiger partial charge on any atom is -0.618 e. The second kappa shape index (κ2) is 5.99. The van der Waals surface area contributed by atoms with Gasteiger partial charge in [0.05, 0.1) is 6.10 Å². The Morgan fingerprint density at radius 2 is 2.00 bits per heavy atom. The molecule has 1 atom stereocenters. The highest BCUT2D eigenvalue weighted by Gasteiger charge is 2.13. The van der Waals surface area contributed by atoms with Crippen LogP contribution in [0.3, 0.4) is 0 Å². The zero-order valence-electron chi connectivity index (χ0n) is 9.79. The van der Waals surface area contributed by atoms with Gasteiger partial charge < -0.3 is 10.3 Å². The highest BCUT2D eigenvalue weighted by atomic mass is 32.2. The number of benzene rings is 1. The third kappa shape index (κ3) is 3.42. The van der Waals surface area contributed by atoms with Crippen LogP contribution < -0.4 is 4.73 Å². The number of hydrogen-bond donors (Lipinski definition) is 1. The lowest BCUT2D eigenvalue weighted by Crippen LogP contribution is -2.28. The van der Waals surface area contributed by atoms with E-state index in [0.29, 0.717) is 9.76 Å². The van der Waals surface area contributed by atoms with Crippen LogP contribution in [0.25, 0.3) is 0 Å².